The third-order valence-corrected chi connectivity index (χ3v) is 3.86. The number of guanidine groups is 1. The van der Waals surface area contributed by atoms with Crippen LogP contribution in [0.5, 0.6) is 0 Å². The predicted molar refractivity (Wildman–Crippen MR) is 108 cm³/mol. The molecule has 1 aliphatic carbocycles. The molecule has 0 radical (unpaired) electrons. The van der Waals surface area contributed by atoms with Crippen molar-refractivity contribution in [2.45, 2.75) is 25.7 Å². The SMILES string of the molecule is CN=C(NCCCOCC1CC1)NCCc1cccc(Cl)c1.I. The number of hydrogen-bond donors (Lipinski definition) is 2. The van der Waals surface area contributed by atoms with E-state index >= 15 is 0 Å². The van der Waals surface area contributed by atoms with Crippen molar-refractivity contribution in [2.75, 3.05) is 33.4 Å². The molecule has 1 aromatic rings. The first-order valence-electron chi connectivity index (χ1n) is 8.04. The summed E-state index contributed by atoms with van der Waals surface area (Å²) < 4.78 is 5.61. The molecule has 0 heterocycles. The van der Waals surface area contributed by atoms with Crippen LogP contribution in [-0.2, 0) is 11.2 Å². The zero-order valence-electron chi connectivity index (χ0n) is 13.7. The van der Waals surface area contributed by atoms with Crippen molar-refractivity contribution in [3.63, 3.8) is 0 Å². The summed E-state index contributed by atoms with van der Waals surface area (Å²) in [4.78, 5) is 4.22. The molecule has 0 bridgehead atoms. The summed E-state index contributed by atoms with van der Waals surface area (Å²) in [5, 5.41) is 7.40. The van der Waals surface area contributed by atoms with Crippen molar-refractivity contribution < 1.29 is 4.74 Å². The Morgan fingerprint density at radius 3 is 2.78 bits per heavy atom. The van der Waals surface area contributed by atoms with Gasteiger partial charge in [-0.05, 0) is 49.3 Å². The molecular formula is C17H27ClIN3O. The van der Waals surface area contributed by atoms with Crippen LogP contribution in [-0.4, -0.2) is 39.3 Å². The minimum atomic E-state index is 0. The molecule has 4 nitrogen and oxygen atoms in total. The van der Waals surface area contributed by atoms with E-state index < -0.39 is 0 Å². The molecule has 1 aromatic carbocycles. The van der Waals surface area contributed by atoms with Crippen LogP contribution in [0.1, 0.15) is 24.8 Å². The van der Waals surface area contributed by atoms with E-state index in [1.807, 2.05) is 18.2 Å². The number of rotatable bonds is 9. The van der Waals surface area contributed by atoms with Gasteiger partial charge in [0.1, 0.15) is 0 Å². The molecule has 0 unspecified atom stereocenters. The highest BCUT2D eigenvalue weighted by Crippen LogP contribution is 2.28. The zero-order valence-corrected chi connectivity index (χ0v) is 16.8. The number of aliphatic imine (C=N–C) groups is 1. The van der Waals surface area contributed by atoms with E-state index in [0.29, 0.717) is 0 Å². The fourth-order valence-corrected chi connectivity index (χ4v) is 2.37. The van der Waals surface area contributed by atoms with E-state index in [0.717, 1.165) is 56.0 Å². The standard InChI is InChI=1S/C17H26ClN3O.HI/c1-19-17(20-9-3-11-22-13-15-6-7-15)21-10-8-14-4-2-5-16(18)12-14;/h2,4-5,12,15H,3,6-11,13H2,1H3,(H2,19,20,21);1H. The van der Waals surface area contributed by atoms with Gasteiger partial charge < -0.3 is 15.4 Å². The molecule has 130 valence electrons. The first-order valence-corrected chi connectivity index (χ1v) is 8.42. The van der Waals surface area contributed by atoms with Crippen LogP contribution in [0.15, 0.2) is 29.3 Å². The second kappa shape index (κ2) is 11.9. The summed E-state index contributed by atoms with van der Waals surface area (Å²) in [5.74, 6) is 1.68. The van der Waals surface area contributed by atoms with Gasteiger partial charge in [-0.3, -0.25) is 4.99 Å². The number of halogens is 2. The normalized spacial score (nSPS) is 14.3. The molecule has 23 heavy (non-hydrogen) atoms. The topological polar surface area (TPSA) is 45.7 Å². The average molecular weight is 452 g/mol. The minimum Gasteiger partial charge on any atom is -0.381 e. The number of hydrogen-bond acceptors (Lipinski definition) is 2. The lowest BCUT2D eigenvalue weighted by Gasteiger charge is -2.12. The number of nitrogens with zero attached hydrogens (tertiary/aromatic N) is 1. The molecule has 1 fully saturated rings. The summed E-state index contributed by atoms with van der Waals surface area (Å²) in [6.45, 7) is 3.47. The van der Waals surface area contributed by atoms with Gasteiger partial charge in [0.15, 0.2) is 5.96 Å². The summed E-state index contributed by atoms with van der Waals surface area (Å²) in [7, 11) is 1.79. The fourth-order valence-electron chi connectivity index (χ4n) is 2.15. The molecule has 2 rings (SSSR count). The fraction of sp³-hybridized carbons (Fsp3) is 0.588. The molecule has 0 aliphatic heterocycles. The Labute approximate surface area is 161 Å². The summed E-state index contributed by atoms with van der Waals surface area (Å²) in [5.41, 5.74) is 1.23. The van der Waals surface area contributed by atoms with Gasteiger partial charge in [-0.2, -0.15) is 0 Å². The number of ether oxygens (including phenoxy) is 1. The maximum Gasteiger partial charge on any atom is 0.190 e. The quantitative estimate of drug-likeness (QED) is 0.261. The average Bonchev–Trinajstić information content (AvgIpc) is 3.33. The van der Waals surface area contributed by atoms with Crippen molar-refractivity contribution in [1.82, 2.24) is 10.6 Å². The Morgan fingerprint density at radius 2 is 2.09 bits per heavy atom. The molecular weight excluding hydrogens is 425 g/mol. The molecule has 0 aromatic heterocycles. The molecule has 0 amide bonds. The van der Waals surface area contributed by atoms with Crippen LogP contribution in [0, 0.1) is 5.92 Å². The third kappa shape index (κ3) is 9.37. The second-order valence-electron chi connectivity index (χ2n) is 5.68. The minimum absolute atomic E-state index is 0. The number of nitrogens with one attached hydrogen (secondary N) is 2. The summed E-state index contributed by atoms with van der Waals surface area (Å²) >= 11 is 5.98. The molecule has 1 aliphatic rings. The first kappa shape index (κ1) is 20.5. The van der Waals surface area contributed by atoms with Gasteiger partial charge >= 0.3 is 0 Å². The Morgan fingerprint density at radius 1 is 1.30 bits per heavy atom. The van der Waals surface area contributed by atoms with Gasteiger partial charge in [0.05, 0.1) is 0 Å². The van der Waals surface area contributed by atoms with Crippen LogP contribution in [0.3, 0.4) is 0 Å². The van der Waals surface area contributed by atoms with Crippen molar-refractivity contribution in [1.29, 1.82) is 0 Å². The highest BCUT2D eigenvalue weighted by molar-refractivity contribution is 14.0. The van der Waals surface area contributed by atoms with Gasteiger partial charge in [-0.15, -0.1) is 24.0 Å². The first-order chi connectivity index (χ1) is 10.8. The van der Waals surface area contributed by atoms with Gasteiger partial charge in [0.25, 0.3) is 0 Å². The van der Waals surface area contributed by atoms with Crippen LogP contribution in [0.2, 0.25) is 5.02 Å². The number of benzene rings is 1. The van der Waals surface area contributed by atoms with E-state index in [-0.39, 0.29) is 24.0 Å². The van der Waals surface area contributed by atoms with Gasteiger partial charge in [-0.25, -0.2) is 0 Å². The molecule has 0 saturated heterocycles. The maximum atomic E-state index is 5.98. The van der Waals surface area contributed by atoms with Crippen molar-refractivity contribution >= 4 is 41.5 Å². The van der Waals surface area contributed by atoms with Crippen LogP contribution < -0.4 is 10.6 Å². The maximum absolute atomic E-state index is 5.98. The van der Waals surface area contributed by atoms with E-state index in [4.69, 9.17) is 16.3 Å². The molecule has 0 atom stereocenters. The Bertz CT molecular complexity index is 481. The largest absolute Gasteiger partial charge is 0.381 e. The Hall–Kier alpha value is -0.530. The highest BCUT2D eigenvalue weighted by atomic mass is 127. The van der Waals surface area contributed by atoms with E-state index in [2.05, 4.69) is 21.7 Å². The smallest absolute Gasteiger partial charge is 0.190 e. The molecule has 1 saturated carbocycles. The molecule has 6 heteroatoms. The van der Waals surface area contributed by atoms with E-state index in [9.17, 15) is 0 Å². The van der Waals surface area contributed by atoms with Crippen molar-refractivity contribution in [3.05, 3.63) is 34.9 Å². The summed E-state index contributed by atoms with van der Waals surface area (Å²) in [6, 6.07) is 7.95. The van der Waals surface area contributed by atoms with Gasteiger partial charge in [0, 0.05) is 38.4 Å². The van der Waals surface area contributed by atoms with Crippen LogP contribution in [0.25, 0.3) is 0 Å². The summed E-state index contributed by atoms with van der Waals surface area (Å²) in [6.07, 6.45) is 4.62. The molecule has 2 N–H and O–H groups in total. The molecule has 0 spiro atoms. The van der Waals surface area contributed by atoms with Crippen LogP contribution in [0.4, 0.5) is 0 Å². The Kier molecular flexibility index (Phi) is 10.6. The van der Waals surface area contributed by atoms with E-state index in [1.54, 1.807) is 7.05 Å². The van der Waals surface area contributed by atoms with Crippen LogP contribution >= 0.6 is 35.6 Å². The van der Waals surface area contributed by atoms with Gasteiger partial charge in [0.2, 0.25) is 0 Å². The van der Waals surface area contributed by atoms with Crippen molar-refractivity contribution in [2.24, 2.45) is 10.9 Å². The highest BCUT2D eigenvalue weighted by Gasteiger charge is 2.20. The lowest BCUT2D eigenvalue weighted by atomic mass is 10.1. The Balaban J connectivity index is 0.00000264. The zero-order chi connectivity index (χ0) is 15.6. The monoisotopic (exact) mass is 451 g/mol. The van der Waals surface area contributed by atoms with E-state index in [1.165, 1.54) is 18.4 Å². The third-order valence-electron chi connectivity index (χ3n) is 3.63. The predicted octanol–water partition coefficient (Wildman–Crippen LogP) is 3.48. The van der Waals surface area contributed by atoms with Crippen molar-refractivity contribution in [3.8, 4) is 0 Å². The van der Waals surface area contributed by atoms with Gasteiger partial charge in [-0.1, -0.05) is 23.7 Å². The second-order valence-corrected chi connectivity index (χ2v) is 6.11. The lowest BCUT2D eigenvalue weighted by Crippen LogP contribution is -2.39. The lowest BCUT2D eigenvalue weighted by molar-refractivity contribution is 0.123.